The number of nitrogens with zero attached hydrogens (tertiary/aromatic N) is 2. The molecule has 5 fully saturated rings. The van der Waals surface area contributed by atoms with Crippen molar-refractivity contribution in [1.82, 2.24) is 9.62 Å². The van der Waals surface area contributed by atoms with Gasteiger partial charge in [0.25, 0.3) is 0 Å². The monoisotopic (exact) mass is 520 g/mol. The first-order valence-electron chi connectivity index (χ1n) is 11.7. The van der Waals surface area contributed by atoms with Crippen LogP contribution in [0.5, 0.6) is 0 Å². The zero-order chi connectivity index (χ0) is 25.3. The number of anilines is 1. The Kier molecular flexibility index (Phi) is 5.97. The standard InChI is InChI=1S/C22H28F4N4O4S/c23-14-6-15(24)20(18(26)17(14)25)30-3-1-2-29(35(30,33)34)10-16(31)28-19-12-4-11-5-13(19)9-22(7-11,8-12)21(27)32/h6,11-13,19,33-34H,1-5,7-10H2,(H2,27,32)(H,28,31). The van der Waals surface area contributed by atoms with Crippen molar-refractivity contribution in [3.8, 4) is 0 Å². The Labute approximate surface area is 201 Å². The second kappa shape index (κ2) is 8.49. The Morgan fingerprint density at radius 1 is 1.06 bits per heavy atom. The molecule has 5 N–H and O–H groups in total. The van der Waals surface area contributed by atoms with E-state index in [1.54, 1.807) is 0 Å². The van der Waals surface area contributed by atoms with Crippen LogP contribution in [0.2, 0.25) is 0 Å². The number of nitrogens with two attached hydrogens (primary N) is 1. The van der Waals surface area contributed by atoms with Crippen LogP contribution in [0.25, 0.3) is 0 Å². The highest BCUT2D eigenvalue weighted by atomic mass is 32.3. The van der Waals surface area contributed by atoms with Crippen LogP contribution in [0.15, 0.2) is 6.07 Å². The molecule has 1 saturated heterocycles. The molecule has 0 radical (unpaired) electrons. The Bertz CT molecular complexity index is 1060. The van der Waals surface area contributed by atoms with Gasteiger partial charge in [-0.15, -0.1) is 0 Å². The maximum absolute atomic E-state index is 14.4. The Hall–Kier alpha value is -2.09. The number of primary amides is 1. The largest absolute Gasteiger partial charge is 0.369 e. The minimum Gasteiger partial charge on any atom is -0.369 e. The van der Waals surface area contributed by atoms with E-state index in [1.807, 2.05) is 0 Å². The number of carbonyl (C=O) groups is 2. The molecule has 1 aromatic rings. The van der Waals surface area contributed by atoms with Gasteiger partial charge in [0.15, 0.2) is 23.3 Å². The number of rotatable bonds is 5. The summed E-state index contributed by atoms with van der Waals surface area (Å²) in [5.41, 5.74) is 4.10. The number of nitrogens with one attached hydrogen (secondary N) is 1. The molecule has 4 bridgehead atoms. The van der Waals surface area contributed by atoms with E-state index in [4.69, 9.17) is 5.73 Å². The van der Waals surface area contributed by atoms with Gasteiger partial charge in [-0.1, -0.05) is 0 Å². The molecule has 0 spiro atoms. The molecule has 8 nitrogen and oxygen atoms in total. The first kappa shape index (κ1) is 24.6. The zero-order valence-corrected chi connectivity index (χ0v) is 19.7. The molecule has 13 heteroatoms. The first-order valence-corrected chi connectivity index (χ1v) is 13.1. The normalized spacial score (nSPS) is 34.6. The maximum Gasteiger partial charge on any atom is 0.236 e. The summed E-state index contributed by atoms with van der Waals surface area (Å²) in [7, 11) is -4.09. The molecule has 4 saturated carbocycles. The highest BCUT2D eigenvalue weighted by Gasteiger charge is 2.58. The molecule has 4 aliphatic carbocycles. The van der Waals surface area contributed by atoms with E-state index in [1.165, 1.54) is 0 Å². The van der Waals surface area contributed by atoms with Gasteiger partial charge in [0.2, 0.25) is 11.8 Å². The van der Waals surface area contributed by atoms with E-state index in [0.717, 1.165) is 23.6 Å². The van der Waals surface area contributed by atoms with E-state index in [2.05, 4.69) is 5.32 Å². The molecule has 1 heterocycles. The highest BCUT2D eigenvalue weighted by Crippen LogP contribution is 2.60. The number of carbonyl (C=O) groups excluding carboxylic acids is 2. The summed E-state index contributed by atoms with van der Waals surface area (Å²) in [6, 6.07) is -0.0320. The summed E-state index contributed by atoms with van der Waals surface area (Å²) in [6.45, 7) is -0.654. The molecule has 5 aliphatic rings. The van der Waals surface area contributed by atoms with Crippen molar-refractivity contribution in [2.24, 2.45) is 28.9 Å². The van der Waals surface area contributed by atoms with Gasteiger partial charge in [0, 0.05) is 30.6 Å². The van der Waals surface area contributed by atoms with Crippen molar-refractivity contribution in [2.45, 2.75) is 44.6 Å². The fraction of sp³-hybridized carbons (Fsp3) is 0.636. The van der Waals surface area contributed by atoms with Gasteiger partial charge in [-0.05, 0) is 67.2 Å². The van der Waals surface area contributed by atoms with Crippen molar-refractivity contribution >= 4 is 28.5 Å². The van der Waals surface area contributed by atoms with Gasteiger partial charge >= 0.3 is 0 Å². The second-order valence-electron chi connectivity index (χ2n) is 10.3. The van der Waals surface area contributed by atoms with Crippen molar-refractivity contribution in [3.63, 3.8) is 0 Å². The average molecular weight is 521 g/mol. The third kappa shape index (κ3) is 3.96. The molecule has 6 rings (SSSR count). The van der Waals surface area contributed by atoms with E-state index >= 15 is 0 Å². The lowest BCUT2D eigenvalue weighted by atomic mass is 9.47. The van der Waals surface area contributed by atoms with Gasteiger partial charge in [-0.3, -0.25) is 23.0 Å². The van der Waals surface area contributed by atoms with Gasteiger partial charge < -0.3 is 11.1 Å². The number of hydrogen-bond acceptors (Lipinski definition) is 6. The highest BCUT2D eigenvalue weighted by molar-refractivity contribution is 8.23. The molecule has 0 aromatic heterocycles. The Morgan fingerprint density at radius 3 is 2.34 bits per heavy atom. The topological polar surface area (TPSA) is 119 Å². The smallest absolute Gasteiger partial charge is 0.236 e. The predicted molar refractivity (Wildman–Crippen MR) is 120 cm³/mol. The van der Waals surface area contributed by atoms with Crippen molar-refractivity contribution < 1.29 is 36.3 Å². The van der Waals surface area contributed by atoms with Crippen LogP contribution in [0.3, 0.4) is 0 Å². The van der Waals surface area contributed by atoms with Crippen LogP contribution < -0.4 is 15.4 Å². The van der Waals surface area contributed by atoms with Crippen molar-refractivity contribution in [1.29, 1.82) is 0 Å². The van der Waals surface area contributed by atoms with Crippen LogP contribution in [-0.4, -0.2) is 50.9 Å². The predicted octanol–water partition coefficient (Wildman–Crippen LogP) is 3.13. The fourth-order valence-electron chi connectivity index (χ4n) is 6.91. The Morgan fingerprint density at radius 2 is 1.71 bits per heavy atom. The van der Waals surface area contributed by atoms with Gasteiger partial charge in [-0.2, -0.15) is 4.31 Å². The lowest BCUT2D eigenvalue weighted by Gasteiger charge is -2.59. The van der Waals surface area contributed by atoms with Crippen LogP contribution in [0, 0.1) is 46.4 Å². The molecule has 2 amide bonds. The molecular formula is C22H28F4N4O4S. The molecule has 1 aliphatic heterocycles. The summed E-state index contributed by atoms with van der Waals surface area (Å²) in [6.07, 6.45) is 3.98. The van der Waals surface area contributed by atoms with Gasteiger partial charge in [0.05, 0.1) is 6.54 Å². The molecule has 35 heavy (non-hydrogen) atoms. The van der Waals surface area contributed by atoms with E-state index < -0.39 is 57.8 Å². The average Bonchev–Trinajstić information content (AvgIpc) is 2.76. The third-order valence-corrected chi connectivity index (χ3v) is 10.2. The number of halogens is 4. The fourth-order valence-corrected chi connectivity index (χ4v) is 8.64. The summed E-state index contributed by atoms with van der Waals surface area (Å²) >= 11 is 0. The lowest BCUT2D eigenvalue weighted by molar-refractivity contribution is -0.147. The zero-order valence-electron chi connectivity index (χ0n) is 18.9. The summed E-state index contributed by atoms with van der Waals surface area (Å²) in [5.74, 6) is -7.21. The molecule has 2 atom stereocenters. The quantitative estimate of drug-likeness (QED) is 0.269. The Balaban J connectivity index is 1.30. The van der Waals surface area contributed by atoms with Gasteiger partial charge in [-0.25, -0.2) is 17.6 Å². The first-order chi connectivity index (χ1) is 16.4. The molecule has 2 unspecified atom stereocenters. The third-order valence-electron chi connectivity index (χ3n) is 8.19. The minimum absolute atomic E-state index is 0.0452. The molecule has 194 valence electrons. The maximum atomic E-state index is 14.4. The van der Waals surface area contributed by atoms with Crippen molar-refractivity contribution in [2.75, 3.05) is 23.9 Å². The van der Waals surface area contributed by atoms with Crippen LogP contribution in [-0.2, 0) is 9.59 Å². The molecular weight excluding hydrogens is 492 g/mol. The number of amides is 2. The number of hydrogen-bond donors (Lipinski definition) is 4. The van der Waals surface area contributed by atoms with Crippen LogP contribution in [0.4, 0.5) is 23.2 Å². The summed E-state index contributed by atoms with van der Waals surface area (Å²) in [5, 5.41) is 2.98. The minimum atomic E-state index is -4.09. The van der Waals surface area contributed by atoms with Crippen LogP contribution in [0.1, 0.15) is 38.5 Å². The van der Waals surface area contributed by atoms with E-state index in [0.29, 0.717) is 23.1 Å². The van der Waals surface area contributed by atoms with Crippen LogP contribution >= 0.6 is 11.0 Å². The number of benzene rings is 1. The lowest BCUT2D eigenvalue weighted by Crippen LogP contribution is -2.62. The summed E-state index contributed by atoms with van der Waals surface area (Å²) < 4.78 is 79.0. The van der Waals surface area contributed by atoms with Gasteiger partial charge in [0.1, 0.15) is 5.69 Å². The summed E-state index contributed by atoms with van der Waals surface area (Å²) in [4.78, 5) is 25.1. The van der Waals surface area contributed by atoms with E-state index in [-0.39, 0.29) is 49.4 Å². The second-order valence-corrected chi connectivity index (χ2v) is 12.3. The van der Waals surface area contributed by atoms with Crippen molar-refractivity contribution in [3.05, 3.63) is 29.3 Å². The molecule has 1 aromatic carbocycles. The van der Waals surface area contributed by atoms with E-state index in [9.17, 15) is 36.3 Å². The SMILES string of the molecule is NC(=O)C12CC3CC(C1)C(NC(=O)CN1CCCN(c4c(F)cc(F)c(F)c4F)S1(O)O)C(C3)C2.